The predicted octanol–water partition coefficient (Wildman–Crippen LogP) is 1.78. The Kier molecular flexibility index (Phi) is 2.81. The van der Waals surface area contributed by atoms with Gasteiger partial charge in [0.05, 0.1) is 6.07 Å². The summed E-state index contributed by atoms with van der Waals surface area (Å²) in [5, 5.41) is 8.32. The van der Waals surface area contributed by atoms with E-state index >= 15 is 0 Å². The quantitative estimate of drug-likeness (QED) is 0.681. The van der Waals surface area contributed by atoms with Gasteiger partial charge in [-0.3, -0.25) is 0 Å². The second-order valence-electron chi connectivity index (χ2n) is 3.39. The Morgan fingerprint density at radius 2 is 2.08 bits per heavy atom. The van der Waals surface area contributed by atoms with Crippen LogP contribution in [0, 0.1) is 17.2 Å². The van der Waals surface area contributed by atoms with Crippen LogP contribution in [-0.2, 0) is 0 Å². The molecule has 0 saturated heterocycles. The zero-order valence-electron chi connectivity index (χ0n) is 7.30. The van der Waals surface area contributed by atoms with Crippen LogP contribution in [0.2, 0.25) is 0 Å². The highest BCUT2D eigenvalue weighted by Crippen LogP contribution is 2.30. The van der Waals surface area contributed by atoms with Crippen molar-refractivity contribution in [3.05, 3.63) is 0 Å². The molecule has 1 unspecified atom stereocenters. The molecule has 0 aliphatic heterocycles. The first kappa shape index (κ1) is 10.3. The highest BCUT2D eigenvalue weighted by molar-refractivity contribution is 4.93. The fraction of sp³-hybridized carbons (Fsp3) is 0.875. The van der Waals surface area contributed by atoms with Crippen molar-refractivity contribution in [3.63, 3.8) is 0 Å². The van der Waals surface area contributed by atoms with Gasteiger partial charge < -0.3 is 4.90 Å². The zero-order chi connectivity index (χ0) is 10.1. The molecule has 1 atom stereocenters. The summed E-state index contributed by atoms with van der Waals surface area (Å²) < 4.78 is 36.3. The Bertz CT molecular complexity index is 214. The summed E-state index contributed by atoms with van der Waals surface area (Å²) in [7, 11) is 1.63. The maximum absolute atomic E-state index is 12.1. The third-order valence-electron chi connectivity index (χ3n) is 2.19. The molecular weight excluding hydrogens is 181 g/mol. The Hall–Kier alpha value is -0.760. The van der Waals surface area contributed by atoms with Crippen molar-refractivity contribution < 1.29 is 13.2 Å². The van der Waals surface area contributed by atoms with Crippen LogP contribution < -0.4 is 0 Å². The summed E-state index contributed by atoms with van der Waals surface area (Å²) in [5.41, 5.74) is 0. The van der Waals surface area contributed by atoms with Gasteiger partial charge in [-0.2, -0.15) is 18.4 Å². The summed E-state index contributed by atoms with van der Waals surface area (Å²) in [6, 6.07) is 1.55. The van der Waals surface area contributed by atoms with E-state index in [1.54, 1.807) is 11.9 Å². The molecule has 1 rings (SSSR count). The van der Waals surface area contributed by atoms with Gasteiger partial charge in [-0.15, -0.1) is 0 Å². The van der Waals surface area contributed by atoms with E-state index < -0.39 is 12.1 Å². The van der Waals surface area contributed by atoms with Crippen molar-refractivity contribution in [2.75, 3.05) is 13.6 Å². The van der Waals surface area contributed by atoms with Gasteiger partial charge in [-0.1, -0.05) is 0 Å². The first-order valence-corrected chi connectivity index (χ1v) is 4.11. The monoisotopic (exact) mass is 192 g/mol. The summed E-state index contributed by atoms with van der Waals surface area (Å²) in [5.74, 6) is -1.85. The number of nitriles is 1. The molecule has 0 aromatic carbocycles. The first-order chi connectivity index (χ1) is 5.95. The number of alkyl halides is 3. The van der Waals surface area contributed by atoms with E-state index in [1.807, 2.05) is 0 Å². The molecule has 0 N–H and O–H groups in total. The van der Waals surface area contributed by atoms with Crippen LogP contribution in [0.15, 0.2) is 0 Å². The molecule has 1 aliphatic carbocycles. The molecule has 1 aliphatic rings. The number of hydrogen-bond acceptors (Lipinski definition) is 2. The van der Waals surface area contributed by atoms with Gasteiger partial charge in [-0.25, -0.2) is 0 Å². The Morgan fingerprint density at radius 3 is 2.38 bits per heavy atom. The third-order valence-corrected chi connectivity index (χ3v) is 2.19. The molecule has 0 heterocycles. The molecule has 0 radical (unpaired) electrons. The van der Waals surface area contributed by atoms with E-state index in [1.165, 1.54) is 6.07 Å². The molecule has 74 valence electrons. The molecule has 0 spiro atoms. The van der Waals surface area contributed by atoms with Crippen molar-refractivity contribution in [1.82, 2.24) is 4.90 Å². The van der Waals surface area contributed by atoms with Gasteiger partial charge in [0.25, 0.3) is 0 Å². The molecule has 1 fully saturated rings. The van der Waals surface area contributed by atoms with E-state index in [-0.39, 0.29) is 12.6 Å². The molecule has 5 heteroatoms. The van der Waals surface area contributed by atoms with Crippen molar-refractivity contribution in [3.8, 4) is 6.07 Å². The molecule has 0 aromatic heterocycles. The lowest BCUT2D eigenvalue weighted by atomic mass is 10.1. The van der Waals surface area contributed by atoms with Gasteiger partial charge >= 0.3 is 6.18 Å². The van der Waals surface area contributed by atoms with E-state index in [2.05, 4.69) is 0 Å². The topological polar surface area (TPSA) is 27.0 Å². The summed E-state index contributed by atoms with van der Waals surface area (Å²) in [4.78, 5) is 1.61. The zero-order valence-corrected chi connectivity index (χ0v) is 7.30. The molecule has 0 aromatic rings. The smallest absolute Gasteiger partial charge is 0.302 e. The van der Waals surface area contributed by atoms with E-state index in [0.717, 1.165) is 12.8 Å². The van der Waals surface area contributed by atoms with Crippen LogP contribution in [-0.4, -0.2) is 30.7 Å². The van der Waals surface area contributed by atoms with Crippen LogP contribution in [0.4, 0.5) is 13.2 Å². The first-order valence-electron chi connectivity index (χ1n) is 4.11. The lowest BCUT2D eigenvalue weighted by molar-refractivity contribution is -0.162. The van der Waals surface area contributed by atoms with Crippen LogP contribution in [0.5, 0.6) is 0 Å². The maximum Gasteiger partial charge on any atom is 0.405 e. The normalized spacial score (nSPS) is 20.0. The van der Waals surface area contributed by atoms with E-state index in [9.17, 15) is 13.2 Å². The van der Waals surface area contributed by atoms with Crippen LogP contribution in [0.3, 0.4) is 0 Å². The van der Waals surface area contributed by atoms with Crippen molar-refractivity contribution >= 4 is 0 Å². The molecular formula is C8H11F3N2. The number of halogens is 3. The molecule has 0 amide bonds. The summed E-state index contributed by atoms with van der Waals surface area (Å²) in [6.07, 6.45) is -2.49. The van der Waals surface area contributed by atoms with Gasteiger partial charge in [0.2, 0.25) is 0 Å². The minimum Gasteiger partial charge on any atom is -0.302 e. The van der Waals surface area contributed by atoms with Gasteiger partial charge in [0.1, 0.15) is 0 Å². The second kappa shape index (κ2) is 3.54. The van der Waals surface area contributed by atoms with Crippen LogP contribution in [0.25, 0.3) is 0 Å². The lowest BCUT2D eigenvalue weighted by Crippen LogP contribution is -2.34. The van der Waals surface area contributed by atoms with Crippen molar-refractivity contribution in [2.45, 2.75) is 25.1 Å². The fourth-order valence-electron chi connectivity index (χ4n) is 1.17. The molecule has 0 bridgehead atoms. The van der Waals surface area contributed by atoms with Crippen LogP contribution in [0.1, 0.15) is 12.8 Å². The minimum atomic E-state index is -4.39. The molecule has 2 nitrogen and oxygen atoms in total. The Morgan fingerprint density at radius 1 is 1.54 bits per heavy atom. The Labute approximate surface area is 74.9 Å². The largest absolute Gasteiger partial charge is 0.405 e. The standard InChI is InChI=1S/C8H11F3N2/c1-13(7-2-3-7)5-6(4-12)8(9,10)11/h6-7H,2-3,5H2,1H3. The van der Waals surface area contributed by atoms with Crippen molar-refractivity contribution in [1.29, 1.82) is 5.26 Å². The van der Waals surface area contributed by atoms with Crippen molar-refractivity contribution in [2.24, 2.45) is 5.92 Å². The van der Waals surface area contributed by atoms with E-state index in [0.29, 0.717) is 0 Å². The number of hydrogen-bond donors (Lipinski definition) is 0. The highest BCUT2D eigenvalue weighted by Gasteiger charge is 2.42. The lowest BCUT2D eigenvalue weighted by Gasteiger charge is -2.20. The summed E-state index contributed by atoms with van der Waals surface area (Å²) in [6.45, 7) is -0.204. The maximum atomic E-state index is 12.1. The van der Waals surface area contributed by atoms with Crippen LogP contribution >= 0.6 is 0 Å². The molecule has 1 saturated carbocycles. The van der Waals surface area contributed by atoms with Gasteiger partial charge in [0, 0.05) is 12.6 Å². The second-order valence-corrected chi connectivity index (χ2v) is 3.39. The SMILES string of the molecule is CN(CC(C#N)C(F)(F)F)C1CC1. The predicted molar refractivity (Wildman–Crippen MR) is 40.8 cm³/mol. The average Bonchev–Trinajstić information content (AvgIpc) is 2.78. The average molecular weight is 192 g/mol. The fourth-order valence-corrected chi connectivity index (χ4v) is 1.17. The highest BCUT2D eigenvalue weighted by atomic mass is 19.4. The van der Waals surface area contributed by atoms with Gasteiger partial charge in [0.15, 0.2) is 5.92 Å². The van der Waals surface area contributed by atoms with E-state index in [4.69, 9.17) is 5.26 Å². The Balaban J connectivity index is 2.44. The summed E-state index contributed by atoms with van der Waals surface area (Å²) >= 11 is 0. The molecule has 13 heavy (non-hydrogen) atoms. The van der Waals surface area contributed by atoms with Gasteiger partial charge in [-0.05, 0) is 19.9 Å². The third kappa shape index (κ3) is 2.88. The number of nitrogens with zero attached hydrogens (tertiary/aromatic N) is 2. The minimum absolute atomic E-state index is 0.204. The number of rotatable bonds is 3.